The van der Waals surface area contributed by atoms with Crippen molar-refractivity contribution in [1.82, 2.24) is 19.4 Å². The van der Waals surface area contributed by atoms with Gasteiger partial charge >= 0.3 is 0 Å². The molecule has 1 fully saturated rings. The molecule has 7 nitrogen and oxygen atoms in total. The minimum Gasteiger partial charge on any atom is -0.395 e. The van der Waals surface area contributed by atoms with Crippen LogP contribution in [0.5, 0.6) is 0 Å². The first kappa shape index (κ1) is 18.4. The number of likely N-dealkylation sites (tertiary alicyclic amines) is 1. The Kier molecular flexibility index (Phi) is 6.36. The van der Waals surface area contributed by atoms with Crippen molar-refractivity contribution in [3.05, 3.63) is 18.2 Å². The van der Waals surface area contributed by atoms with Crippen LogP contribution in [0.4, 0.5) is 0 Å². The van der Waals surface area contributed by atoms with Gasteiger partial charge in [0, 0.05) is 33.1 Å². The number of piperidine rings is 1. The summed E-state index contributed by atoms with van der Waals surface area (Å²) in [6, 6.07) is -0.293. The number of amides is 2. The molecule has 0 aliphatic carbocycles. The van der Waals surface area contributed by atoms with Gasteiger partial charge in [-0.05, 0) is 19.8 Å². The van der Waals surface area contributed by atoms with Gasteiger partial charge in [-0.15, -0.1) is 0 Å². The van der Waals surface area contributed by atoms with Crippen molar-refractivity contribution in [2.75, 3.05) is 26.2 Å². The number of aromatic nitrogens is 2. The van der Waals surface area contributed by atoms with Crippen molar-refractivity contribution in [2.24, 2.45) is 13.0 Å². The maximum atomic E-state index is 13.0. The van der Waals surface area contributed by atoms with Crippen LogP contribution in [0.1, 0.15) is 44.8 Å². The zero-order chi connectivity index (χ0) is 17.7. The van der Waals surface area contributed by atoms with Crippen molar-refractivity contribution >= 4 is 11.8 Å². The number of aryl methyl sites for hydroxylation is 1. The second-order valence-electron chi connectivity index (χ2n) is 6.25. The number of likely N-dealkylation sites (N-methyl/N-ethyl adjacent to an activating group) is 1. The summed E-state index contributed by atoms with van der Waals surface area (Å²) < 4.78 is 1.88. The van der Waals surface area contributed by atoms with Gasteiger partial charge in [0.15, 0.2) is 0 Å². The lowest BCUT2D eigenvalue weighted by atomic mass is 9.85. The summed E-state index contributed by atoms with van der Waals surface area (Å²) in [7, 11) is 1.89. The summed E-state index contributed by atoms with van der Waals surface area (Å²) in [4.78, 5) is 33.2. The molecule has 1 aromatic heterocycles. The summed E-state index contributed by atoms with van der Waals surface area (Å²) in [6.45, 7) is 5.39. The summed E-state index contributed by atoms with van der Waals surface area (Å²) in [5.41, 5.74) is 0.884. The molecule has 2 atom stereocenters. The third-order valence-corrected chi connectivity index (χ3v) is 4.71. The Bertz CT molecular complexity index is 572. The molecule has 0 bridgehead atoms. The van der Waals surface area contributed by atoms with Gasteiger partial charge in [-0.25, -0.2) is 4.98 Å². The van der Waals surface area contributed by atoms with Gasteiger partial charge in [-0.1, -0.05) is 6.92 Å². The number of aliphatic hydroxyl groups excluding tert-OH is 1. The fourth-order valence-corrected chi connectivity index (χ4v) is 3.51. The van der Waals surface area contributed by atoms with E-state index in [1.807, 2.05) is 30.4 Å². The molecule has 24 heavy (non-hydrogen) atoms. The highest BCUT2D eigenvalue weighted by Crippen LogP contribution is 2.37. The zero-order valence-corrected chi connectivity index (χ0v) is 14.8. The lowest BCUT2D eigenvalue weighted by Gasteiger charge is -2.42. The molecule has 1 N–H and O–H groups in total. The highest BCUT2D eigenvalue weighted by molar-refractivity contribution is 5.85. The van der Waals surface area contributed by atoms with E-state index in [9.17, 15) is 14.7 Å². The van der Waals surface area contributed by atoms with Crippen molar-refractivity contribution < 1.29 is 14.7 Å². The largest absolute Gasteiger partial charge is 0.395 e. The molecule has 1 aliphatic heterocycles. The summed E-state index contributed by atoms with van der Waals surface area (Å²) in [6.07, 6.45) is 5.21. The van der Waals surface area contributed by atoms with Crippen molar-refractivity contribution in [3.63, 3.8) is 0 Å². The van der Waals surface area contributed by atoms with Crippen molar-refractivity contribution in [3.8, 4) is 0 Å². The molecule has 1 saturated heterocycles. The number of rotatable bonds is 7. The third-order valence-electron chi connectivity index (χ3n) is 4.71. The molecule has 0 radical (unpaired) electrons. The van der Waals surface area contributed by atoms with E-state index in [0.717, 1.165) is 12.1 Å². The molecule has 2 heterocycles. The average molecular weight is 336 g/mol. The van der Waals surface area contributed by atoms with Crippen LogP contribution < -0.4 is 0 Å². The van der Waals surface area contributed by atoms with Crippen LogP contribution in [0, 0.1) is 5.92 Å². The van der Waals surface area contributed by atoms with Gasteiger partial charge in [-0.2, -0.15) is 0 Å². The third kappa shape index (κ3) is 3.61. The molecule has 2 rings (SSSR count). The van der Waals surface area contributed by atoms with Crippen LogP contribution in [-0.2, 0) is 16.6 Å². The zero-order valence-electron chi connectivity index (χ0n) is 14.8. The van der Waals surface area contributed by atoms with Gasteiger partial charge in [0.25, 0.3) is 0 Å². The first-order chi connectivity index (χ1) is 11.5. The lowest BCUT2D eigenvalue weighted by Crippen LogP contribution is -2.50. The van der Waals surface area contributed by atoms with Crippen LogP contribution in [-0.4, -0.2) is 62.5 Å². The molecule has 1 aliphatic rings. The monoisotopic (exact) mass is 336 g/mol. The van der Waals surface area contributed by atoms with Crippen molar-refractivity contribution in [1.29, 1.82) is 0 Å². The SMILES string of the molecule is CCCN1C(=O)CC[C@@H](C(=O)N(CC)CCO)[C@@H]1c1cncn1C. The number of nitrogens with zero attached hydrogens (tertiary/aromatic N) is 4. The van der Waals surface area contributed by atoms with Crippen LogP contribution in [0.2, 0.25) is 0 Å². The maximum Gasteiger partial charge on any atom is 0.228 e. The quantitative estimate of drug-likeness (QED) is 0.804. The van der Waals surface area contributed by atoms with Crippen LogP contribution in [0.25, 0.3) is 0 Å². The molecule has 0 saturated carbocycles. The Hall–Kier alpha value is -1.89. The van der Waals surface area contributed by atoms with Gasteiger partial charge in [0.1, 0.15) is 0 Å². The number of carbonyl (C=O) groups excluding carboxylic acids is 2. The number of hydrogen-bond donors (Lipinski definition) is 1. The molecule has 134 valence electrons. The van der Waals surface area contributed by atoms with Crippen LogP contribution in [0.15, 0.2) is 12.5 Å². The highest BCUT2D eigenvalue weighted by atomic mass is 16.3. The van der Waals surface area contributed by atoms with E-state index >= 15 is 0 Å². The van der Waals surface area contributed by atoms with Gasteiger partial charge in [0.05, 0.1) is 36.8 Å². The molecule has 0 spiro atoms. The van der Waals surface area contributed by atoms with Crippen LogP contribution in [0.3, 0.4) is 0 Å². The Balaban J connectivity index is 2.38. The topological polar surface area (TPSA) is 78.7 Å². The molecule has 7 heteroatoms. The smallest absolute Gasteiger partial charge is 0.228 e. The van der Waals surface area contributed by atoms with E-state index in [2.05, 4.69) is 4.98 Å². The van der Waals surface area contributed by atoms with E-state index in [4.69, 9.17) is 0 Å². The van der Waals surface area contributed by atoms with E-state index in [-0.39, 0.29) is 30.4 Å². The lowest BCUT2D eigenvalue weighted by molar-refractivity contribution is -0.148. The standard InChI is InChI=1S/C17H28N4O3/c1-4-8-21-15(23)7-6-13(17(24)20(5-2)9-10-22)16(21)14-11-18-12-19(14)3/h11-13,16,22H,4-10H2,1-3H3/t13-,16-/m1/s1. The Morgan fingerprint density at radius 1 is 1.46 bits per heavy atom. The Morgan fingerprint density at radius 2 is 2.21 bits per heavy atom. The Morgan fingerprint density at radius 3 is 2.75 bits per heavy atom. The van der Waals surface area contributed by atoms with E-state index in [1.165, 1.54) is 0 Å². The highest BCUT2D eigenvalue weighted by Gasteiger charge is 2.42. The second kappa shape index (κ2) is 8.28. The fraction of sp³-hybridized carbons (Fsp3) is 0.706. The normalized spacial score (nSPS) is 21.2. The molecule has 0 aromatic carbocycles. The first-order valence-corrected chi connectivity index (χ1v) is 8.70. The molecule has 2 amide bonds. The van der Waals surface area contributed by atoms with Gasteiger partial charge < -0.3 is 19.5 Å². The predicted octanol–water partition coefficient (Wildman–Crippen LogP) is 0.951. The molecular formula is C17H28N4O3. The minimum atomic E-state index is -0.295. The van der Waals surface area contributed by atoms with E-state index in [1.54, 1.807) is 17.4 Å². The van der Waals surface area contributed by atoms with Gasteiger partial charge in [-0.3, -0.25) is 9.59 Å². The number of hydrogen-bond acceptors (Lipinski definition) is 4. The first-order valence-electron chi connectivity index (χ1n) is 8.70. The fourth-order valence-electron chi connectivity index (χ4n) is 3.51. The van der Waals surface area contributed by atoms with Gasteiger partial charge in [0.2, 0.25) is 11.8 Å². The minimum absolute atomic E-state index is 0.00588. The predicted molar refractivity (Wildman–Crippen MR) is 90.0 cm³/mol. The molecule has 0 unspecified atom stereocenters. The van der Waals surface area contributed by atoms with Crippen molar-refractivity contribution in [2.45, 2.75) is 39.2 Å². The number of aliphatic hydroxyl groups is 1. The van der Waals surface area contributed by atoms with E-state index < -0.39 is 0 Å². The van der Waals surface area contributed by atoms with E-state index in [0.29, 0.717) is 32.5 Å². The molecular weight excluding hydrogens is 308 g/mol. The molecule has 1 aromatic rings. The Labute approximate surface area is 143 Å². The summed E-state index contributed by atoms with van der Waals surface area (Å²) >= 11 is 0. The number of imidazole rings is 1. The summed E-state index contributed by atoms with van der Waals surface area (Å²) in [5.74, 6) is -0.195. The summed E-state index contributed by atoms with van der Waals surface area (Å²) in [5, 5.41) is 9.21. The maximum absolute atomic E-state index is 13.0. The number of carbonyl (C=O) groups is 2. The second-order valence-corrected chi connectivity index (χ2v) is 6.25. The van der Waals surface area contributed by atoms with Crippen LogP contribution >= 0.6 is 0 Å². The average Bonchev–Trinajstić information content (AvgIpc) is 2.99.